The lowest BCUT2D eigenvalue weighted by Crippen LogP contribution is -2.12. The van der Waals surface area contributed by atoms with Crippen molar-refractivity contribution in [1.29, 1.82) is 0 Å². The molecule has 1 saturated heterocycles. The van der Waals surface area contributed by atoms with Gasteiger partial charge in [-0.1, -0.05) is 13.3 Å². The molecule has 0 radical (unpaired) electrons. The minimum absolute atomic E-state index is 0.657. The van der Waals surface area contributed by atoms with Crippen LogP contribution >= 0.6 is 0 Å². The first-order valence-electron chi connectivity index (χ1n) is 4.53. The zero-order chi connectivity index (χ0) is 6.97. The number of hydrogen-bond donors (Lipinski definition) is 0. The first-order valence-corrected chi connectivity index (χ1v) is 4.53. The van der Waals surface area contributed by atoms with Crippen LogP contribution in [-0.2, 0) is 4.74 Å². The van der Waals surface area contributed by atoms with Crippen LogP contribution < -0.4 is 0 Å². The molecule has 0 spiro atoms. The average molecular weight is 140 g/mol. The van der Waals surface area contributed by atoms with Gasteiger partial charge in [0, 0.05) is 6.61 Å². The topological polar surface area (TPSA) is 9.23 Å². The van der Waals surface area contributed by atoms with Gasteiger partial charge < -0.3 is 4.74 Å². The van der Waals surface area contributed by atoms with Crippen LogP contribution in [0.3, 0.4) is 0 Å². The van der Waals surface area contributed by atoms with Crippen molar-refractivity contribution in [2.45, 2.75) is 38.7 Å². The summed E-state index contributed by atoms with van der Waals surface area (Å²) < 4.78 is 5.61. The van der Waals surface area contributed by atoms with Crippen LogP contribution in [0.15, 0.2) is 0 Å². The molecule has 1 nitrogen and oxygen atoms in total. The fourth-order valence-corrected chi connectivity index (χ4v) is 2.60. The second-order valence-corrected chi connectivity index (χ2v) is 3.61. The molecule has 0 N–H and O–H groups in total. The average Bonchev–Trinajstić information content (AvgIpc) is 2.44. The molecule has 2 aliphatic rings. The van der Waals surface area contributed by atoms with Crippen LogP contribution in [0.1, 0.15) is 32.6 Å². The molecule has 1 aliphatic heterocycles. The lowest BCUT2D eigenvalue weighted by atomic mass is 9.91. The van der Waals surface area contributed by atoms with E-state index in [0.29, 0.717) is 6.10 Å². The van der Waals surface area contributed by atoms with Crippen LogP contribution in [0.25, 0.3) is 0 Å². The van der Waals surface area contributed by atoms with Crippen molar-refractivity contribution in [2.24, 2.45) is 11.8 Å². The van der Waals surface area contributed by atoms with Crippen LogP contribution in [0, 0.1) is 11.8 Å². The van der Waals surface area contributed by atoms with E-state index in [1.165, 1.54) is 25.7 Å². The molecule has 1 heterocycles. The lowest BCUT2D eigenvalue weighted by molar-refractivity contribution is 0.0996. The van der Waals surface area contributed by atoms with E-state index in [-0.39, 0.29) is 0 Å². The predicted molar refractivity (Wildman–Crippen MR) is 40.9 cm³/mol. The summed E-state index contributed by atoms with van der Waals surface area (Å²) in [4.78, 5) is 0. The Kier molecular flexibility index (Phi) is 1.69. The summed E-state index contributed by atoms with van der Waals surface area (Å²) >= 11 is 0. The molecule has 0 aromatic rings. The summed E-state index contributed by atoms with van der Waals surface area (Å²) in [6.07, 6.45) is 6.12. The fourth-order valence-electron chi connectivity index (χ4n) is 2.60. The third kappa shape index (κ3) is 0.878. The number of hydrogen-bond acceptors (Lipinski definition) is 1. The van der Waals surface area contributed by atoms with E-state index >= 15 is 0 Å². The molecule has 2 rings (SSSR count). The normalized spacial score (nSPS) is 45.9. The summed E-state index contributed by atoms with van der Waals surface area (Å²) in [5.74, 6) is 1.93. The predicted octanol–water partition coefficient (Wildman–Crippen LogP) is 2.21. The third-order valence-corrected chi connectivity index (χ3v) is 3.21. The smallest absolute Gasteiger partial charge is 0.0606 e. The Morgan fingerprint density at radius 2 is 2.20 bits per heavy atom. The highest BCUT2D eigenvalue weighted by atomic mass is 16.5. The summed E-state index contributed by atoms with van der Waals surface area (Å²) in [6.45, 7) is 3.34. The Balaban J connectivity index is 2.01. The SMILES string of the molecule is CC[C@H]1CCC2OCC[C@H]21. The van der Waals surface area contributed by atoms with Gasteiger partial charge >= 0.3 is 0 Å². The van der Waals surface area contributed by atoms with E-state index < -0.39 is 0 Å². The second-order valence-electron chi connectivity index (χ2n) is 3.61. The molecule has 58 valence electrons. The van der Waals surface area contributed by atoms with Gasteiger partial charge in [0.25, 0.3) is 0 Å². The van der Waals surface area contributed by atoms with E-state index in [2.05, 4.69) is 6.92 Å². The van der Waals surface area contributed by atoms with Crippen molar-refractivity contribution in [3.8, 4) is 0 Å². The van der Waals surface area contributed by atoms with Crippen LogP contribution in [0.5, 0.6) is 0 Å². The van der Waals surface area contributed by atoms with Gasteiger partial charge in [0.15, 0.2) is 0 Å². The van der Waals surface area contributed by atoms with Gasteiger partial charge in [-0.25, -0.2) is 0 Å². The standard InChI is InChI=1S/C9H16O/c1-2-7-3-4-9-8(7)5-6-10-9/h7-9H,2-6H2,1H3/t7-,8-,9?/m0/s1. The Labute approximate surface area is 62.8 Å². The molecule has 3 atom stereocenters. The Hall–Kier alpha value is -0.0400. The Bertz CT molecular complexity index is 122. The minimum Gasteiger partial charge on any atom is -0.378 e. The summed E-state index contributed by atoms with van der Waals surface area (Å²) in [6, 6.07) is 0. The highest BCUT2D eigenvalue weighted by molar-refractivity contribution is 4.88. The highest BCUT2D eigenvalue weighted by Crippen LogP contribution is 2.41. The number of ether oxygens (including phenoxy) is 1. The molecular weight excluding hydrogens is 124 g/mol. The van der Waals surface area contributed by atoms with E-state index in [1.807, 2.05) is 0 Å². The zero-order valence-electron chi connectivity index (χ0n) is 6.68. The maximum absolute atomic E-state index is 5.61. The molecule has 10 heavy (non-hydrogen) atoms. The maximum atomic E-state index is 5.61. The van der Waals surface area contributed by atoms with Crippen molar-refractivity contribution in [2.75, 3.05) is 6.61 Å². The quantitative estimate of drug-likeness (QED) is 0.542. The molecule has 0 aromatic carbocycles. The van der Waals surface area contributed by atoms with Crippen LogP contribution in [0.2, 0.25) is 0 Å². The van der Waals surface area contributed by atoms with Crippen molar-refractivity contribution in [1.82, 2.24) is 0 Å². The first kappa shape index (κ1) is 6.66. The molecule has 0 aromatic heterocycles. The van der Waals surface area contributed by atoms with Crippen LogP contribution in [-0.4, -0.2) is 12.7 Å². The van der Waals surface area contributed by atoms with Gasteiger partial charge in [-0.15, -0.1) is 0 Å². The minimum atomic E-state index is 0.657. The molecule has 2 fully saturated rings. The first-order chi connectivity index (χ1) is 4.92. The summed E-state index contributed by atoms with van der Waals surface area (Å²) in [7, 11) is 0. The molecule has 1 heteroatoms. The van der Waals surface area contributed by atoms with Gasteiger partial charge in [0.1, 0.15) is 0 Å². The molecule has 0 bridgehead atoms. The van der Waals surface area contributed by atoms with Crippen molar-refractivity contribution in [3.63, 3.8) is 0 Å². The third-order valence-electron chi connectivity index (χ3n) is 3.21. The van der Waals surface area contributed by atoms with E-state index in [9.17, 15) is 0 Å². The second kappa shape index (κ2) is 2.54. The van der Waals surface area contributed by atoms with Crippen molar-refractivity contribution in [3.05, 3.63) is 0 Å². The van der Waals surface area contributed by atoms with Crippen molar-refractivity contribution < 1.29 is 4.74 Å². The molecular formula is C9H16O. The highest BCUT2D eigenvalue weighted by Gasteiger charge is 2.38. The maximum Gasteiger partial charge on any atom is 0.0606 e. The van der Waals surface area contributed by atoms with Gasteiger partial charge in [-0.05, 0) is 31.1 Å². The summed E-state index contributed by atoms with van der Waals surface area (Å²) in [5.41, 5.74) is 0. The van der Waals surface area contributed by atoms with Gasteiger partial charge in [-0.3, -0.25) is 0 Å². The zero-order valence-corrected chi connectivity index (χ0v) is 6.68. The van der Waals surface area contributed by atoms with E-state index in [0.717, 1.165) is 18.4 Å². The fraction of sp³-hybridized carbons (Fsp3) is 1.00. The molecule has 0 amide bonds. The largest absolute Gasteiger partial charge is 0.378 e. The van der Waals surface area contributed by atoms with E-state index in [1.54, 1.807) is 0 Å². The van der Waals surface area contributed by atoms with Gasteiger partial charge in [0.2, 0.25) is 0 Å². The number of rotatable bonds is 1. The molecule has 1 aliphatic carbocycles. The monoisotopic (exact) mass is 140 g/mol. The van der Waals surface area contributed by atoms with E-state index in [4.69, 9.17) is 4.74 Å². The lowest BCUT2D eigenvalue weighted by Gasteiger charge is -2.13. The van der Waals surface area contributed by atoms with Gasteiger partial charge in [-0.2, -0.15) is 0 Å². The Morgan fingerprint density at radius 3 is 3.00 bits per heavy atom. The molecule has 1 saturated carbocycles. The summed E-state index contributed by atoms with van der Waals surface area (Å²) in [5, 5.41) is 0. The van der Waals surface area contributed by atoms with Crippen molar-refractivity contribution >= 4 is 0 Å². The Morgan fingerprint density at radius 1 is 1.30 bits per heavy atom. The number of fused-ring (bicyclic) bond motifs is 1. The molecule has 1 unspecified atom stereocenters. The van der Waals surface area contributed by atoms with Crippen LogP contribution in [0.4, 0.5) is 0 Å². The van der Waals surface area contributed by atoms with Gasteiger partial charge in [0.05, 0.1) is 6.10 Å².